The van der Waals surface area contributed by atoms with Gasteiger partial charge >= 0.3 is 0 Å². The number of nitrogens with one attached hydrogen (secondary N) is 1. The molecule has 5 heteroatoms. The fourth-order valence-electron chi connectivity index (χ4n) is 4.08. The van der Waals surface area contributed by atoms with E-state index < -0.39 is 0 Å². The van der Waals surface area contributed by atoms with Gasteiger partial charge in [-0.1, -0.05) is 43.9 Å². The van der Waals surface area contributed by atoms with Crippen LogP contribution in [0.3, 0.4) is 0 Å². The molecule has 0 unspecified atom stereocenters. The number of aromatic nitrogens is 1. The first-order valence-electron chi connectivity index (χ1n) is 10.2. The fraction of sp³-hybridized carbons (Fsp3) is 0.619. The lowest BCUT2D eigenvalue weighted by Gasteiger charge is -2.29. The summed E-state index contributed by atoms with van der Waals surface area (Å²) in [4.78, 5) is 19.9. The monoisotopic (exact) mass is 371 g/mol. The number of benzene rings is 1. The molecule has 0 bridgehead atoms. The quantitative estimate of drug-likeness (QED) is 0.774. The van der Waals surface area contributed by atoms with Gasteiger partial charge in [0.1, 0.15) is 0 Å². The number of carbonyl (C=O) groups excluding carboxylic acids is 1. The molecule has 0 spiro atoms. The fourth-order valence-corrected chi connectivity index (χ4v) is 5.14. The van der Waals surface area contributed by atoms with Gasteiger partial charge in [0, 0.05) is 24.7 Å². The zero-order valence-corrected chi connectivity index (χ0v) is 16.5. The molecule has 140 valence electrons. The van der Waals surface area contributed by atoms with Gasteiger partial charge in [0.25, 0.3) is 5.91 Å². The zero-order chi connectivity index (χ0) is 17.9. The molecule has 26 heavy (non-hydrogen) atoms. The van der Waals surface area contributed by atoms with Crippen molar-refractivity contribution in [3.05, 3.63) is 23.8 Å². The minimum absolute atomic E-state index is 0.0700. The second kappa shape index (κ2) is 7.95. The summed E-state index contributed by atoms with van der Waals surface area (Å²) in [6.07, 6.45) is 9.79. The molecule has 4 nitrogen and oxygen atoms in total. The van der Waals surface area contributed by atoms with E-state index in [1.165, 1.54) is 38.5 Å². The first-order valence-corrected chi connectivity index (χ1v) is 11.0. The summed E-state index contributed by atoms with van der Waals surface area (Å²) in [6.45, 7) is 4.51. The first-order chi connectivity index (χ1) is 12.7. The van der Waals surface area contributed by atoms with E-state index in [2.05, 4.69) is 17.1 Å². The van der Waals surface area contributed by atoms with E-state index in [-0.39, 0.29) is 5.91 Å². The predicted octanol–water partition coefficient (Wildman–Crippen LogP) is 4.99. The molecule has 1 aliphatic carbocycles. The second-order valence-corrected chi connectivity index (χ2v) is 9.02. The molecular formula is C21H29N3OS. The third-order valence-electron chi connectivity index (χ3n) is 5.88. The number of fused-ring (bicyclic) bond motifs is 1. The maximum atomic E-state index is 12.7. The number of hydrogen-bond donors (Lipinski definition) is 1. The number of carbonyl (C=O) groups is 1. The van der Waals surface area contributed by atoms with Crippen LogP contribution >= 0.6 is 11.3 Å². The van der Waals surface area contributed by atoms with Crippen molar-refractivity contribution in [2.45, 2.75) is 64.3 Å². The Kier molecular flexibility index (Phi) is 5.44. The molecule has 0 radical (unpaired) electrons. The maximum absolute atomic E-state index is 12.7. The third kappa shape index (κ3) is 4.03. The van der Waals surface area contributed by atoms with E-state index in [9.17, 15) is 4.79 Å². The molecule has 1 saturated heterocycles. The van der Waals surface area contributed by atoms with Crippen molar-refractivity contribution >= 4 is 32.6 Å². The Bertz CT molecular complexity index is 756. The SMILES string of the molecule is CC1CCN(c2nc3ccc(C(=O)NC4CCCCCC4)cc3s2)CC1. The van der Waals surface area contributed by atoms with Crippen LogP contribution in [0.1, 0.15) is 68.6 Å². The van der Waals surface area contributed by atoms with Crippen LogP contribution in [0, 0.1) is 5.92 Å². The lowest BCUT2D eigenvalue weighted by atomic mass is 10.00. The second-order valence-electron chi connectivity index (χ2n) is 8.01. The largest absolute Gasteiger partial charge is 0.349 e. The van der Waals surface area contributed by atoms with E-state index >= 15 is 0 Å². The van der Waals surface area contributed by atoms with Gasteiger partial charge in [0.2, 0.25) is 0 Å². The minimum atomic E-state index is 0.0700. The number of piperidine rings is 1. The summed E-state index contributed by atoms with van der Waals surface area (Å²) in [5.74, 6) is 0.889. The molecule has 2 aliphatic rings. The Morgan fingerprint density at radius 1 is 1.12 bits per heavy atom. The highest BCUT2D eigenvalue weighted by Crippen LogP contribution is 2.32. The van der Waals surface area contributed by atoms with E-state index in [4.69, 9.17) is 4.98 Å². The Balaban J connectivity index is 1.47. The summed E-state index contributed by atoms with van der Waals surface area (Å²) < 4.78 is 1.12. The van der Waals surface area contributed by atoms with Crippen LogP contribution < -0.4 is 10.2 Å². The maximum Gasteiger partial charge on any atom is 0.251 e. The van der Waals surface area contributed by atoms with Crippen molar-refractivity contribution in [2.24, 2.45) is 5.92 Å². The minimum Gasteiger partial charge on any atom is -0.349 e. The van der Waals surface area contributed by atoms with Crippen LogP contribution in [-0.4, -0.2) is 30.0 Å². The van der Waals surface area contributed by atoms with Crippen LogP contribution in [0.4, 0.5) is 5.13 Å². The van der Waals surface area contributed by atoms with Crippen molar-refractivity contribution < 1.29 is 4.79 Å². The van der Waals surface area contributed by atoms with Crippen LogP contribution in [0.2, 0.25) is 0 Å². The molecule has 1 aromatic carbocycles. The molecule has 1 amide bonds. The van der Waals surface area contributed by atoms with E-state index in [0.717, 1.165) is 52.8 Å². The number of thiazole rings is 1. The number of hydrogen-bond acceptors (Lipinski definition) is 4. The molecule has 1 aliphatic heterocycles. The van der Waals surface area contributed by atoms with Gasteiger partial charge in [-0.05, 0) is 49.8 Å². The van der Waals surface area contributed by atoms with E-state index in [0.29, 0.717) is 6.04 Å². The van der Waals surface area contributed by atoms with Gasteiger partial charge in [-0.15, -0.1) is 0 Å². The molecular weight excluding hydrogens is 342 g/mol. The number of amides is 1. The molecule has 1 aromatic heterocycles. The van der Waals surface area contributed by atoms with Crippen LogP contribution in [0.25, 0.3) is 10.2 Å². The normalized spacial score (nSPS) is 20.3. The standard InChI is InChI=1S/C21H29N3OS/c1-15-10-12-24(13-11-15)21-23-18-9-8-16(14-19(18)26-21)20(25)22-17-6-4-2-3-5-7-17/h8-9,14-15,17H,2-7,10-13H2,1H3,(H,22,25). The predicted molar refractivity (Wildman–Crippen MR) is 109 cm³/mol. The van der Waals surface area contributed by atoms with Crippen molar-refractivity contribution in [3.8, 4) is 0 Å². The molecule has 1 saturated carbocycles. The van der Waals surface area contributed by atoms with E-state index in [1.54, 1.807) is 11.3 Å². The smallest absolute Gasteiger partial charge is 0.251 e. The number of nitrogens with zero attached hydrogens (tertiary/aromatic N) is 2. The molecule has 1 N–H and O–H groups in total. The van der Waals surface area contributed by atoms with Crippen molar-refractivity contribution in [1.82, 2.24) is 10.3 Å². The van der Waals surface area contributed by atoms with Gasteiger partial charge in [-0.2, -0.15) is 0 Å². The van der Waals surface area contributed by atoms with Gasteiger partial charge in [0.15, 0.2) is 5.13 Å². The van der Waals surface area contributed by atoms with Crippen LogP contribution in [0.5, 0.6) is 0 Å². The summed E-state index contributed by atoms with van der Waals surface area (Å²) in [7, 11) is 0. The van der Waals surface area contributed by atoms with Crippen molar-refractivity contribution in [1.29, 1.82) is 0 Å². The highest BCUT2D eigenvalue weighted by Gasteiger charge is 2.20. The van der Waals surface area contributed by atoms with E-state index in [1.807, 2.05) is 18.2 Å². The topological polar surface area (TPSA) is 45.2 Å². The molecule has 0 atom stereocenters. The molecule has 2 heterocycles. The number of anilines is 1. The lowest BCUT2D eigenvalue weighted by molar-refractivity contribution is 0.0933. The first kappa shape index (κ1) is 17.8. The zero-order valence-electron chi connectivity index (χ0n) is 15.7. The average molecular weight is 372 g/mol. The number of rotatable bonds is 3. The van der Waals surface area contributed by atoms with Gasteiger partial charge in [0.05, 0.1) is 10.2 Å². The summed E-state index contributed by atoms with van der Waals surface area (Å²) in [5, 5.41) is 4.35. The molecule has 4 rings (SSSR count). The summed E-state index contributed by atoms with van der Waals surface area (Å²) in [5.41, 5.74) is 1.78. The molecule has 2 fully saturated rings. The van der Waals surface area contributed by atoms with Crippen molar-refractivity contribution in [2.75, 3.05) is 18.0 Å². The molecule has 2 aromatic rings. The third-order valence-corrected chi connectivity index (χ3v) is 6.96. The van der Waals surface area contributed by atoms with Crippen LogP contribution in [-0.2, 0) is 0 Å². The Morgan fingerprint density at radius 3 is 2.58 bits per heavy atom. The van der Waals surface area contributed by atoms with Gasteiger partial charge in [-0.25, -0.2) is 4.98 Å². The van der Waals surface area contributed by atoms with Gasteiger partial charge < -0.3 is 10.2 Å². The highest BCUT2D eigenvalue weighted by molar-refractivity contribution is 7.22. The average Bonchev–Trinajstić information content (AvgIpc) is 2.91. The Labute approximate surface area is 160 Å². The van der Waals surface area contributed by atoms with Crippen LogP contribution in [0.15, 0.2) is 18.2 Å². The van der Waals surface area contributed by atoms with Gasteiger partial charge in [-0.3, -0.25) is 4.79 Å². The van der Waals surface area contributed by atoms with Crippen molar-refractivity contribution in [3.63, 3.8) is 0 Å². The lowest BCUT2D eigenvalue weighted by Crippen LogP contribution is -2.34. The summed E-state index contributed by atoms with van der Waals surface area (Å²) in [6, 6.07) is 6.29. The summed E-state index contributed by atoms with van der Waals surface area (Å²) >= 11 is 1.72. The Hall–Kier alpha value is -1.62. The Morgan fingerprint density at radius 2 is 1.85 bits per heavy atom. The highest BCUT2D eigenvalue weighted by atomic mass is 32.1.